The number of nitrogens with two attached hydrogens (primary N) is 1. The predicted octanol–water partition coefficient (Wildman–Crippen LogP) is 4.23. The maximum atomic E-state index is 12.6. The molecule has 0 bridgehead atoms. The van der Waals surface area contributed by atoms with Crippen LogP contribution in [0, 0.1) is 5.92 Å². The normalized spacial score (nSPS) is 14.6. The molecule has 0 saturated carbocycles. The number of phenolic OH excluding ortho intramolecular Hbond substituents is 2. The lowest BCUT2D eigenvalue weighted by molar-refractivity contribution is 0.0932. The summed E-state index contributed by atoms with van der Waals surface area (Å²) in [4.78, 5) is 27.3. The minimum Gasteiger partial charge on any atom is -0.508 e. The van der Waals surface area contributed by atoms with E-state index in [-0.39, 0.29) is 28.8 Å². The van der Waals surface area contributed by atoms with Crippen LogP contribution in [-0.4, -0.2) is 60.1 Å². The van der Waals surface area contributed by atoms with Gasteiger partial charge in [-0.05, 0) is 69.4 Å². The number of amides is 1. The number of Topliss-reactive ketones (excluding diaryl/α,β-unsaturated/α-hetero) is 1. The molecule has 0 aromatic heterocycles. The lowest BCUT2D eigenvalue weighted by Crippen LogP contribution is -2.39. The summed E-state index contributed by atoms with van der Waals surface area (Å²) < 4.78 is 5.26. The van der Waals surface area contributed by atoms with Crippen LogP contribution in [0.5, 0.6) is 17.2 Å². The van der Waals surface area contributed by atoms with E-state index in [0.717, 1.165) is 51.7 Å². The quantitative estimate of drug-likeness (QED) is 0.205. The molecule has 1 aliphatic heterocycles. The lowest BCUT2D eigenvalue weighted by atomic mass is 9.96. The highest BCUT2D eigenvalue weighted by Gasteiger charge is 2.21. The minimum absolute atomic E-state index is 0.0582. The van der Waals surface area contributed by atoms with Gasteiger partial charge >= 0.3 is 0 Å². The Labute approximate surface area is 211 Å². The van der Waals surface area contributed by atoms with Gasteiger partial charge in [-0.25, -0.2) is 0 Å². The number of nitrogens with one attached hydrogen (secondary N) is 1. The van der Waals surface area contributed by atoms with E-state index in [4.69, 9.17) is 22.1 Å². The largest absolute Gasteiger partial charge is 0.508 e. The molecule has 1 heterocycles. The third-order valence-electron chi connectivity index (χ3n) is 6.48. The van der Waals surface area contributed by atoms with Gasteiger partial charge in [-0.3, -0.25) is 9.59 Å². The fourth-order valence-corrected chi connectivity index (χ4v) is 4.51. The van der Waals surface area contributed by atoms with Crippen LogP contribution in [0.25, 0.3) is 0 Å². The highest BCUT2D eigenvalue weighted by molar-refractivity contribution is 6.33. The van der Waals surface area contributed by atoms with Gasteiger partial charge in [0.15, 0.2) is 5.78 Å². The number of nitrogens with zero attached hydrogens (tertiary/aromatic N) is 1. The zero-order valence-electron chi connectivity index (χ0n) is 20.1. The van der Waals surface area contributed by atoms with E-state index >= 15 is 0 Å². The van der Waals surface area contributed by atoms with Crippen molar-refractivity contribution in [1.29, 1.82) is 0 Å². The summed E-state index contributed by atoms with van der Waals surface area (Å²) in [5.74, 6) is 0.259. The molecule has 1 saturated heterocycles. The van der Waals surface area contributed by atoms with Crippen molar-refractivity contribution in [1.82, 2.24) is 10.2 Å². The topological polar surface area (TPSA) is 125 Å². The van der Waals surface area contributed by atoms with Crippen molar-refractivity contribution in [2.45, 2.75) is 38.5 Å². The average molecular weight is 504 g/mol. The first-order chi connectivity index (χ1) is 16.8. The molecule has 1 amide bonds. The monoisotopic (exact) mass is 503 g/mol. The van der Waals surface area contributed by atoms with Crippen molar-refractivity contribution in [3.63, 3.8) is 0 Å². The molecule has 0 aliphatic carbocycles. The first-order valence-electron chi connectivity index (χ1n) is 12.0. The number of phenols is 2. The van der Waals surface area contributed by atoms with E-state index in [1.165, 1.54) is 31.4 Å². The van der Waals surface area contributed by atoms with Crippen LogP contribution in [0.1, 0.15) is 59.2 Å². The van der Waals surface area contributed by atoms with Gasteiger partial charge in [0, 0.05) is 25.1 Å². The third-order valence-corrected chi connectivity index (χ3v) is 6.81. The standard InChI is InChI=1S/C26H34ClN3O5/c1-35-25-15-22(28)21(27)14-20(25)26(34)29-16-17-8-11-30(12-9-17)10-4-2-3-5-23(32)19-7-6-18(31)13-24(19)33/h6-7,13-15,17,31,33H,2-5,8-12,16,28H2,1H3,(H,29,34). The van der Waals surface area contributed by atoms with E-state index in [1.807, 2.05) is 0 Å². The van der Waals surface area contributed by atoms with E-state index in [9.17, 15) is 19.8 Å². The fourth-order valence-electron chi connectivity index (χ4n) is 4.35. The molecular formula is C26H34ClN3O5. The third kappa shape index (κ3) is 7.50. The first kappa shape index (κ1) is 26.6. The second-order valence-corrected chi connectivity index (χ2v) is 9.41. The summed E-state index contributed by atoms with van der Waals surface area (Å²) in [6.45, 7) is 3.55. The Morgan fingerprint density at radius 2 is 1.86 bits per heavy atom. The summed E-state index contributed by atoms with van der Waals surface area (Å²) in [6, 6.07) is 7.15. The van der Waals surface area contributed by atoms with Crippen molar-refractivity contribution in [3.05, 3.63) is 46.5 Å². The number of nitrogen functional groups attached to an aromatic ring is 1. The lowest BCUT2D eigenvalue weighted by Gasteiger charge is -2.32. The number of benzene rings is 2. The molecule has 0 radical (unpaired) electrons. The summed E-state index contributed by atoms with van der Waals surface area (Å²) in [6.07, 6.45) is 5.11. The number of methoxy groups -OCH3 is 1. The summed E-state index contributed by atoms with van der Waals surface area (Å²) in [5.41, 5.74) is 6.80. The highest BCUT2D eigenvalue weighted by atomic mass is 35.5. The minimum atomic E-state index is -0.221. The SMILES string of the molecule is COc1cc(N)c(Cl)cc1C(=O)NCC1CCN(CCCCCC(=O)c2ccc(O)cc2O)CC1. The van der Waals surface area contributed by atoms with Crippen LogP contribution in [0.3, 0.4) is 0 Å². The number of ether oxygens (including phenoxy) is 1. The molecule has 8 nitrogen and oxygen atoms in total. The number of unbranched alkanes of at least 4 members (excludes halogenated alkanes) is 2. The first-order valence-corrected chi connectivity index (χ1v) is 12.3. The zero-order chi connectivity index (χ0) is 25.4. The zero-order valence-corrected chi connectivity index (χ0v) is 20.8. The van der Waals surface area contributed by atoms with Gasteiger partial charge in [-0.1, -0.05) is 18.0 Å². The molecule has 35 heavy (non-hydrogen) atoms. The van der Waals surface area contributed by atoms with Gasteiger partial charge in [0.25, 0.3) is 5.91 Å². The van der Waals surface area contributed by atoms with E-state index in [1.54, 1.807) is 6.07 Å². The van der Waals surface area contributed by atoms with Crippen molar-refractivity contribution in [2.24, 2.45) is 5.92 Å². The number of rotatable bonds is 11. The smallest absolute Gasteiger partial charge is 0.255 e. The number of piperidine rings is 1. The predicted molar refractivity (Wildman–Crippen MR) is 136 cm³/mol. The Hall–Kier alpha value is -2.97. The van der Waals surface area contributed by atoms with Crippen molar-refractivity contribution < 1.29 is 24.5 Å². The highest BCUT2D eigenvalue weighted by Crippen LogP contribution is 2.29. The van der Waals surface area contributed by atoms with Crippen molar-refractivity contribution >= 4 is 29.0 Å². The van der Waals surface area contributed by atoms with Crippen LogP contribution >= 0.6 is 11.6 Å². The number of aromatic hydroxyl groups is 2. The van der Waals surface area contributed by atoms with Crippen molar-refractivity contribution in [2.75, 3.05) is 39.0 Å². The summed E-state index contributed by atoms with van der Waals surface area (Å²) in [7, 11) is 1.49. The van der Waals surface area contributed by atoms with Crippen LogP contribution in [0.15, 0.2) is 30.3 Å². The van der Waals surface area contributed by atoms with Gasteiger partial charge in [0.2, 0.25) is 0 Å². The van der Waals surface area contributed by atoms with Crippen LogP contribution < -0.4 is 15.8 Å². The van der Waals surface area contributed by atoms with Gasteiger partial charge in [0.1, 0.15) is 17.2 Å². The Balaban J connectivity index is 1.31. The van der Waals surface area contributed by atoms with Crippen LogP contribution in [-0.2, 0) is 0 Å². The summed E-state index contributed by atoms with van der Waals surface area (Å²) >= 11 is 6.07. The number of carbonyl (C=O) groups excluding carboxylic acids is 2. The Morgan fingerprint density at radius 3 is 2.54 bits per heavy atom. The number of hydrogen-bond donors (Lipinski definition) is 4. The van der Waals surface area contributed by atoms with Gasteiger partial charge in [0.05, 0.1) is 28.9 Å². The number of likely N-dealkylation sites (tertiary alicyclic amines) is 1. The molecule has 0 atom stereocenters. The second kappa shape index (κ2) is 12.7. The Kier molecular flexibility index (Phi) is 9.63. The number of carbonyl (C=O) groups is 2. The molecule has 1 fully saturated rings. The summed E-state index contributed by atoms with van der Waals surface area (Å²) in [5, 5.41) is 22.5. The molecule has 0 spiro atoms. The molecule has 1 aliphatic rings. The van der Waals surface area contributed by atoms with Crippen molar-refractivity contribution in [3.8, 4) is 17.2 Å². The van der Waals surface area contributed by atoms with Gasteiger partial charge < -0.3 is 30.9 Å². The molecule has 190 valence electrons. The molecule has 2 aromatic rings. The molecule has 9 heteroatoms. The van der Waals surface area contributed by atoms with E-state index in [0.29, 0.717) is 40.9 Å². The Bertz CT molecular complexity index is 1040. The molecule has 3 rings (SSSR count). The molecular weight excluding hydrogens is 470 g/mol. The number of hydrogen-bond acceptors (Lipinski definition) is 7. The second-order valence-electron chi connectivity index (χ2n) is 9.00. The van der Waals surface area contributed by atoms with E-state index in [2.05, 4.69) is 10.2 Å². The number of ketones is 1. The molecule has 5 N–H and O–H groups in total. The van der Waals surface area contributed by atoms with Crippen LogP contribution in [0.2, 0.25) is 5.02 Å². The van der Waals surface area contributed by atoms with E-state index < -0.39 is 0 Å². The molecule has 2 aromatic carbocycles. The Morgan fingerprint density at radius 1 is 1.11 bits per heavy atom. The van der Waals surface area contributed by atoms with Gasteiger partial charge in [-0.15, -0.1) is 0 Å². The average Bonchev–Trinajstić information content (AvgIpc) is 2.84. The molecule has 0 unspecified atom stereocenters. The maximum Gasteiger partial charge on any atom is 0.255 e. The maximum absolute atomic E-state index is 12.6. The van der Waals surface area contributed by atoms with Crippen LogP contribution in [0.4, 0.5) is 5.69 Å². The fraction of sp³-hybridized carbons (Fsp3) is 0.462. The number of anilines is 1. The number of halogens is 1. The van der Waals surface area contributed by atoms with Gasteiger partial charge in [-0.2, -0.15) is 0 Å².